The van der Waals surface area contributed by atoms with Gasteiger partial charge in [0.1, 0.15) is 0 Å². The molecule has 128 valence electrons. The molecule has 1 atom stereocenters. The number of ether oxygens (including phenoxy) is 1. The summed E-state index contributed by atoms with van der Waals surface area (Å²) < 4.78 is 5.71. The molecule has 1 saturated heterocycles. The van der Waals surface area contributed by atoms with E-state index in [0.717, 1.165) is 45.7 Å². The number of fused-ring (bicyclic) bond motifs is 1. The SMILES string of the molecule is CN(Cc1cccc2ncccc12)C(=O)c1ccc([C@@H]2CCCO2)s1. The Balaban J connectivity index is 1.52. The number of aromatic nitrogens is 1. The van der Waals surface area contributed by atoms with Crippen molar-refractivity contribution in [3.05, 3.63) is 64.0 Å². The van der Waals surface area contributed by atoms with Gasteiger partial charge >= 0.3 is 0 Å². The number of hydrogen-bond acceptors (Lipinski definition) is 4. The number of nitrogens with zero attached hydrogens (tertiary/aromatic N) is 2. The summed E-state index contributed by atoms with van der Waals surface area (Å²) in [6.45, 7) is 1.38. The molecule has 1 fully saturated rings. The Morgan fingerprint density at radius 1 is 1.28 bits per heavy atom. The zero-order chi connectivity index (χ0) is 17.2. The van der Waals surface area contributed by atoms with E-state index in [1.807, 2.05) is 37.4 Å². The third-order valence-electron chi connectivity index (χ3n) is 4.57. The molecule has 4 nitrogen and oxygen atoms in total. The Hall–Kier alpha value is -2.24. The summed E-state index contributed by atoms with van der Waals surface area (Å²) in [5.41, 5.74) is 2.06. The van der Waals surface area contributed by atoms with Crippen molar-refractivity contribution in [1.29, 1.82) is 0 Å². The normalized spacial score (nSPS) is 17.1. The van der Waals surface area contributed by atoms with Gasteiger partial charge < -0.3 is 9.64 Å². The summed E-state index contributed by atoms with van der Waals surface area (Å²) in [6, 6.07) is 14.0. The van der Waals surface area contributed by atoms with E-state index in [4.69, 9.17) is 4.74 Å². The molecule has 0 unspecified atom stereocenters. The van der Waals surface area contributed by atoms with Gasteiger partial charge in [-0.25, -0.2) is 0 Å². The van der Waals surface area contributed by atoms with Crippen LogP contribution in [-0.2, 0) is 11.3 Å². The molecule has 0 saturated carbocycles. The second kappa shape index (κ2) is 6.94. The molecule has 1 aliphatic heterocycles. The molecule has 1 amide bonds. The van der Waals surface area contributed by atoms with E-state index in [9.17, 15) is 4.79 Å². The van der Waals surface area contributed by atoms with E-state index in [1.165, 1.54) is 0 Å². The number of carbonyl (C=O) groups excluding carboxylic acids is 1. The van der Waals surface area contributed by atoms with Gasteiger partial charge in [0.15, 0.2) is 0 Å². The van der Waals surface area contributed by atoms with Crippen LogP contribution in [0.1, 0.15) is 39.1 Å². The average Bonchev–Trinajstić information content (AvgIpc) is 3.32. The van der Waals surface area contributed by atoms with Gasteiger partial charge in [0.2, 0.25) is 0 Å². The van der Waals surface area contributed by atoms with E-state index in [2.05, 4.69) is 17.1 Å². The summed E-state index contributed by atoms with van der Waals surface area (Å²) in [4.78, 5) is 20.9. The van der Waals surface area contributed by atoms with Crippen LogP contribution in [0.4, 0.5) is 0 Å². The second-order valence-electron chi connectivity index (χ2n) is 6.35. The van der Waals surface area contributed by atoms with Crippen molar-refractivity contribution in [3.63, 3.8) is 0 Å². The fourth-order valence-electron chi connectivity index (χ4n) is 3.26. The lowest BCUT2D eigenvalue weighted by atomic mass is 10.1. The third kappa shape index (κ3) is 3.30. The van der Waals surface area contributed by atoms with Crippen LogP contribution in [0.3, 0.4) is 0 Å². The average molecular weight is 352 g/mol. The smallest absolute Gasteiger partial charge is 0.263 e. The first-order chi connectivity index (χ1) is 12.2. The molecule has 3 aromatic rings. The molecule has 3 heterocycles. The lowest BCUT2D eigenvalue weighted by Gasteiger charge is -2.17. The molecule has 2 aromatic heterocycles. The van der Waals surface area contributed by atoms with Gasteiger partial charge in [0, 0.05) is 36.7 Å². The van der Waals surface area contributed by atoms with Gasteiger partial charge in [-0.2, -0.15) is 0 Å². The summed E-state index contributed by atoms with van der Waals surface area (Å²) in [5.74, 6) is 0.0511. The fourth-order valence-corrected chi connectivity index (χ4v) is 4.35. The highest BCUT2D eigenvalue weighted by Gasteiger charge is 2.22. The number of hydrogen-bond donors (Lipinski definition) is 0. The van der Waals surface area contributed by atoms with Crippen molar-refractivity contribution in [3.8, 4) is 0 Å². The van der Waals surface area contributed by atoms with Crippen LogP contribution >= 0.6 is 11.3 Å². The highest BCUT2D eigenvalue weighted by molar-refractivity contribution is 7.14. The number of amides is 1. The van der Waals surface area contributed by atoms with Crippen molar-refractivity contribution < 1.29 is 9.53 Å². The summed E-state index contributed by atoms with van der Waals surface area (Å²) in [7, 11) is 1.85. The van der Waals surface area contributed by atoms with Crippen LogP contribution in [0.15, 0.2) is 48.7 Å². The Labute approximate surface area is 151 Å². The first-order valence-electron chi connectivity index (χ1n) is 8.52. The summed E-state index contributed by atoms with van der Waals surface area (Å²) >= 11 is 1.55. The van der Waals surface area contributed by atoms with Crippen LogP contribution in [0.5, 0.6) is 0 Å². The Morgan fingerprint density at radius 3 is 3.04 bits per heavy atom. The van der Waals surface area contributed by atoms with Crippen LogP contribution < -0.4 is 0 Å². The van der Waals surface area contributed by atoms with E-state index < -0.39 is 0 Å². The number of rotatable bonds is 4. The molecule has 25 heavy (non-hydrogen) atoms. The first kappa shape index (κ1) is 16.2. The number of thiophene rings is 1. The van der Waals surface area contributed by atoms with Crippen molar-refractivity contribution in [2.24, 2.45) is 0 Å². The highest BCUT2D eigenvalue weighted by atomic mass is 32.1. The van der Waals surface area contributed by atoms with Gasteiger partial charge in [-0.15, -0.1) is 11.3 Å². The minimum Gasteiger partial charge on any atom is -0.373 e. The number of carbonyl (C=O) groups is 1. The van der Waals surface area contributed by atoms with E-state index in [-0.39, 0.29) is 12.0 Å². The minimum absolute atomic E-state index is 0.0511. The maximum absolute atomic E-state index is 12.8. The quantitative estimate of drug-likeness (QED) is 0.698. The molecular weight excluding hydrogens is 332 g/mol. The molecule has 0 radical (unpaired) electrons. The molecular formula is C20H20N2O2S. The molecule has 4 rings (SSSR count). The largest absolute Gasteiger partial charge is 0.373 e. The zero-order valence-corrected chi connectivity index (χ0v) is 15.0. The van der Waals surface area contributed by atoms with Crippen molar-refractivity contribution >= 4 is 28.1 Å². The van der Waals surface area contributed by atoms with Crippen LogP contribution in [-0.4, -0.2) is 29.4 Å². The molecule has 0 N–H and O–H groups in total. The van der Waals surface area contributed by atoms with Gasteiger partial charge in [-0.1, -0.05) is 18.2 Å². The number of pyridine rings is 1. The van der Waals surface area contributed by atoms with E-state index in [1.54, 1.807) is 22.4 Å². The Kier molecular flexibility index (Phi) is 4.51. The van der Waals surface area contributed by atoms with Crippen LogP contribution in [0.25, 0.3) is 10.9 Å². The Bertz CT molecular complexity index is 894. The maximum Gasteiger partial charge on any atom is 0.263 e. The third-order valence-corrected chi connectivity index (χ3v) is 5.74. The van der Waals surface area contributed by atoms with Crippen molar-refractivity contribution in [2.75, 3.05) is 13.7 Å². The molecule has 0 aliphatic carbocycles. The van der Waals surface area contributed by atoms with E-state index in [0.29, 0.717) is 6.54 Å². The van der Waals surface area contributed by atoms with Gasteiger partial charge in [-0.05, 0) is 42.7 Å². The summed E-state index contributed by atoms with van der Waals surface area (Å²) in [5, 5.41) is 1.09. The van der Waals surface area contributed by atoms with Gasteiger partial charge in [0.05, 0.1) is 16.5 Å². The molecule has 0 bridgehead atoms. The topological polar surface area (TPSA) is 42.4 Å². The predicted molar refractivity (Wildman–Crippen MR) is 99.8 cm³/mol. The lowest BCUT2D eigenvalue weighted by Crippen LogP contribution is -2.25. The molecule has 0 spiro atoms. The first-order valence-corrected chi connectivity index (χ1v) is 9.33. The zero-order valence-electron chi connectivity index (χ0n) is 14.1. The van der Waals surface area contributed by atoms with E-state index >= 15 is 0 Å². The van der Waals surface area contributed by atoms with Crippen molar-refractivity contribution in [1.82, 2.24) is 9.88 Å². The van der Waals surface area contributed by atoms with Gasteiger partial charge in [0.25, 0.3) is 5.91 Å². The molecule has 1 aromatic carbocycles. The predicted octanol–water partition coefficient (Wildman–Crippen LogP) is 4.42. The van der Waals surface area contributed by atoms with Gasteiger partial charge in [-0.3, -0.25) is 9.78 Å². The van der Waals surface area contributed by atoms with Crippen LogP contribution in [0, 0.1) is 0 Å². The number of benzene rings is 1. The molecule has 1 aliphatic rings. The van der Waals surface area contributed by atoms with Crippen molar-refractivity contribution in [2.45, 2.75) is 25.5 Å². The molecule has 5 heteroatoms. The summed E-state index contributed by atoms with van der Waals surface area (Å²) in [6.07, 6.45) is 4.11. The monoisotopic (exact) mass is 352 g/mol. The maximum atomic E-state index is 12.8. The Morgan fingerprint density at radius 2 is 2.20 bits per heavy atom. The standard InChI is InChI=1S/C20H20N2O2S/c1-22(13-14-5-2-7-16-15(14)6-3-11-21-16)20(23)19-10-9-18(25-19)17-8-4-12-24-17/h2-3,5-7,9-11,17H,4,8,12-13H2,1H3/t17-/m0/s1. The van der Waals surface area contributed by atoms with Crippen LogP contribution in [0.2, 0.25) is 0 Å². The highest BCUT2D eigenvalue weighted by Crippen LogP contribution is 2.33. The minimum atomic E-state index is 0.0511. The lowest BCUT2D eigenvalue weighted by molar-refractivity contribution is 0.0790. The second-order valence-corrected chi connectivity index (χ2v) is 7.47. The fraction of sp³-hybridized carbons (Fsp3) is 0.300.